The molecule has 1 N–H and O–H groups in total. The molecule has 1 heterocycles. The van der Waals surface area contributed by atoms with E-state index in [1.807, 2.05) is 30.3 Å². The van der Waals surface area contributed by atoms with Crippen LogP contribution in [0.25, 0.3) is 0 Å². The fourth-order valence-corrected chi connectivity index (χ4v) is 2.63. The number of aryl methyl sites for hydroxylation is 1. The van der Waals surface area contributed by atoms with E-state index >= 15 is 0 Å². The molecule has 0 aliphatic carbocycles. The van der Waals surface area contributed by atoms with Crippen molar-refractivity contribution in [2.24, 2.45) is 0 Å². The first kappa shape index (κ1) is 14.6. The van der Waals surface area contributed by atoms with E-state index < -0.39 is 0 Å². The monoisotopic (exact) mass is 289 g/mol. The van der Waals surface area contributed by atoms with Crippen LogP contribution in [0.3, 0.4) is 0 Å². The Kier molecular flexibility index (Phi) is 5.62. The predicted octanol–water partition coefficient (Wildman–Crippen LogP) is 3.05. The normalized spacial score (nSPS) is 10.2. The van der Waals surface area contributed by atoms with E-state index in [1.165, 1.54) is 4.88 Å². The molecule has 0 fully saturated rings. The van der Waals surface area contributed by atoms with Crippen molar-refractivity contribution in [3.05, 3.63) is 52.2 Å². The zero-order valence-electron chi connectivity index (χ0n) is 11.6. The average molecular weight is 289 g/mol. The maximum atomic E-state index is 11.7. The van der Waals surface area contributed by atoms with Gasteiger partial charge in [0.25, 0.3) is 0 Å². The average Bonchev–Trinajstić information content (AvgIpc) is 2.99. The fraction of sp³-hybridized carbons (Fsp3) is 0.312. The largest absolute Gasteiger partial charge is 0.497 e. The van der Waals surface area contributed by atoms with Crippen molar-refractivity contribution >= 4 is 17.2 Å². The van der Waals surface area contributed by atoms with E-state index in [4.69, 9.17) is 4.74 Å². The van der Waals surface area contributed by atoms with Crippen LogP contribution in [-0.2, 0) is 17.6 Å². The maximum absolute atomic E-state index is 11.7. The number of amides is 1. The van der Waals surface area contributed by atoms with Gasteiger partial charge in [-0.15, -0.1) is 11.3 Å². The molecule has 0 unspecified atom stereocenters. The number of hydrogen-bond donors (Lipinski definition) is 1. The van der Waals surface area contributed by atoms with Crippen LogP contribution >= 0.6 is 11.3 Å². The first-order valence-electron chi connectivity index (χ1n) is 6.70. The molecule has 0 aliphatic rings. The molecule has 1 aromatic heterocycles. The van der Waals surface area contributed by atoms with Gasteiger partial charge in [-0.05, 0) is 42.0 Å². The Hall–Kier alpha value is -1.81. The Morgan fingerprint density at radius 2 is 2.00 bits per heavy atom. The Morgan fingerprint density at radius 1 is 1.20 bits per heavy atom. The van der Waals surface area contributed by atoms with Crippen LogP contribution in [0.1, 0.15) is 16.9 Å². The molecule has 3 nitrogen and oxygen atoms in total. The summed E-state index contributed by atoms with van der Waals surface area (Å²) in [7, 11) is 1.65. The predicted molar refractivity (Wildman–Crippen MR) is 82.3 cm³/mol. The van der Waals surface area contributed by atoms with Gasteiger partial charge in [0, 0.05) is 17.8 Å². The molecule has 4 heteroatoms. The molecule has 0 bridgehead atoms. The van der Waals surface area contributed by atoms with Gasteiger partial charge in [-0.2, -0.15) is 0 Å². The van der Waals surface area contributed by atoms with Gasteiger partial charge in [0.1, 0.15) is 5.75 Å². The van der Waals surface area contributed by atoms with Gasteiger partial charge in [-0.25, -0.2) is 0 Å². The number of benzene rings is 1. The second-order valence-electron chi connectivity index (χ2n) is 4.53. The molecule has 0 atom stereocenters. The third-order valence-electron chi connectivity index (χ3n) is 3.07. The van der Waals surface area contributed by atoms with Gasteiger partial charge >= 0.3 is 0 Å². The first-order chi connectivity index (χ1) is 9.78. The maximum Gasteiger partial charge on any atom is 0.220 e. The smallest absolute Gasteiger partial charge is 0.220 e. The number of methoxy groups -OCH3 is 1. The van der Waals surface area contributed by atoms with Gasteiger partial charge in [-0.3, -0.25) is 4.79 Å². The molecular formula is C16H19NO2S. The molecule has 0 radical (unpaired) electrons. The SMILES string of the molecule is COc1ccc(CCC(=O)NCCc2cccs2)cc1. The van der Waals surface area contributed by atoms with Gasteiger partial charge in [0.15, 0.2) is 0 Å². The van der Waals surface area contributed by atoms with Crippen LogP contribution in [0.5, 0.6) is 5.75 Å². The van der Waals surface area contributed by atoms with Crippen LogP contribution in [0.2, 0.25) is 0 Å². The van der Waals surface area contributed by atoms with E-state index in [2.05, 4.69) is 16.8 Å². The van der Waals surface area contributed by atoms with Crippen molar-refractivity contribution in [1.29, 1.82) is 0 Å². The molecular weight excluding hydrogens is 270 g/mol. The molecule has 0 aliphatic heterocycles. The minimum atomic E-state index is 0.109. The van der Waals surface area contributed by atoms with E-state index in [9.17, 15) is 4.79 Å². The molecule has 106 valence electrons. The molecule has 0 saturated carbocycles. The Labute approximate surface area is 123 Å². The van der Waals surface area contributed by atoms with Crippen molar-refractivity contribution in [3.63, 3.8) is 0 Å². The van der Waals surface area contributed by atoms with Crippen molar-refractivity contribution in [3.8, 4) is 5.75 Å². The van der Waals surface area contributed by atoms with E-state index in [0.717, 1.165) is 24.2 Å². The zero-order chi connectivity index (χ0) is 14.2. The molecule has 2 aromatic rings. The number of rotatable bonds is 7. The molecule has 2 rings (SSSR count). The van der Waals surface area contributed by atoms with Crippen LogP contribution in [-0.4, -0.2) is 19.6 Å². The summed E-state index contributed by atoms with van der Waals surface area (Å²) in [5.74, 6) is 0.950. The Morgan fingerprint density at radius 3 is 2.65 bits per heavy atom. The lowest BCUT2D eigenvalue weighted by molar-refractivity contribution is -0.121. The van der Waals surface area contributed by atoms with Crippen molar-refractivity contribution in [1.82, 2.24) is 5.32 Å². The standard InChI is InChI=1S/C16H19NO2S/c1-19-14-7-4-13(5-8-14)6-9-16(18)17-11-10-15-3-2-12-20-15/h2-5,7-8,12H,6,9-11H2,1H3,(H,17,18). The second kappa shape index (κ2) is 7.70. The molecule has 0 saturated heterocycles. The molecule has 0 spiro atoms. The summed E-state index contributed by atoms with van der Waals surface area (Å²) in [6.45, 7) is 0.710. The van der Waals surface area contributed by atoms with Gasteiger partial charge in [-0.1, -0.05) is 18.2 Å². The summed E-state index contributed by atoms with van der Waals surface area (Å²) < 4.78 is 5.10. The number of carbonyl (C=O) groups excluding carboxylic acids is 1. The van der Waals surface area contributed by atoms with E-state index in [1.54, 1.807) is 18.4 Å². The first-order valence-corrected chi connectivity index (χ1v) is 7.58. The second-order valence-corrected chi connectivity index (χ2v) is 5.56. The molecule has 1 aromatic carbocycles. The number of nitrogens with one attached hydrogen (secondary N) is 1. The van der Waals surface area contributed by atoms with Crippen molar-refractivity contribution in [2.45, 2.75) is 19.3 Å². The lowest BCUT2D eigenvalue weighted by Crippen LogP contribution is -2.25. The minimum absolute atomic E-state index is 0.109. The molecule has 1 amide bonds. The van der Waals surface area contributed by atoms with Gasteiger partial charge in [0.2, 0.25) is 5.91 Å². The van der Waals surface area contributed by atoms with Gasteiger partial charge < -0.3 is 10.1 Å². The quantitative estimate of drug-likeness (QED) is 0.851. The zero-order valence-corrected chi connectivity index (χ0v) is 12.4. The number of ether oxygens (including phenoxy) is 1. The highest BCUT2D eigenvalue weighted by molar-refractivity contribution is 7.09. The summed E-state index contributed by atoms with van der Waals surface area (Å²) in [4.78, 5) is 13.0. The summed E-state index contributed by atoms with van der Waals surface area (Å²) in [6, 6.07) is 12.0. The highest BCUT2D eigenvalue weighted by Gasteiger charge is 2.02. The van der Waals surface area contributed by atoms with Gasteiger partial charge in [0.05, 0.1) is 7.11 Å². The third kappa shape index (κ3) is 4.70. The topological polar surface area (TPSA) is 38.3 Å². The Bertz CT molecular complexity index is 520. The summed E-state index contributed by atoms with van der Waals surface area (Å²) in [5, 5.41) is 5.01. The van der Waals surface area contributed by atoms with Crippen LogP contribution < -0.4 is 10.1 Å². The van der Waals surface area contributed by atoms with Crippen molar-refractivity contribution < 1.29 is 9.53 Å². The Balaban J connectivity index is 1.66. The fourth-order valence-electron chi connectivity index (χ4n) is 1.92. The lowest BCUT2D eigenvalue weighted by atomic mass is 10.1. The highest BCUT2D eigenvalue weighted by atomic mass is 32.1. The minimum Gasteiger partial charge on any atom is -0.497 e. The van der Waals surface area contributed by atoms with Crippen LogP contribution in [0.4, 0.5) is 0 Å². The number of hydrogen-bond acceptors (Lipinski definition) is 3. The van der Waals surface area contributed by atoms with E-state index in [-0.39, 0.29) is 5.91 Å². The van der Waals surface area contributed by atoms with Crippen LogP contribution in [0, 0.1) is 0 Å². The summed E-state index contributed by atoms with van der Waals surface area (Å²) in [6.07, 6.45) is 2.19. The van der Waals surface area contributed by atoms with Crippen molar-refractivity contribution in [2.75, 3.05) is 13.7 Å². The summed E-state index contributed by atoms with van der Waals surface area (Å²) in [5.41, 5.74) is 1.15. The number of carbonyl (C=O) groups is 1. The lowest BCUT2D eigenvalue weighted by Gasteiger charge is -2.05. The summed E-state index contributed by atoms with van der Waals surface area (Å²) >= 11 is 1.73. The molecule has 20 heavy (non-hydrogen) atoms. The number of thiophene rings is 1. The van der Waals surface area contributed by atoms with E-state index in [0.29, 0.717) is 13.0 Å². The third-order valence-corrected chi connectivity index (χ3v) is 4.01. The highest BCUT2D eigenvalue weighted by Crippen LogP contribution is 2.12. The van der Waals surface area contributed by atoms with Crippen LogP contribution in [0.15, 0.2) is 41.8 Å².